The average molecular weight is 440 g/mol. The van der Waals surface area contributed by atoms with Crippen molar-refractivity contribution in [1.29, 1.82) is 0 Å². The third kappa shape index (κ3) is 4.48. The molecule has 6 N–H and O–H groups in total. The summed E-state index contributed by atoms with van der Waals surface area (Å²) >= 11 is 2.89. The van der Waals surface area contributed by atoms with Gasteiger partial charge in [-0.15, -0.1) is 0 Å². The Bertz CT molecular complexity index is 888. The van der Waals surface area contributed by atoms with E-state index in [1.165, 1.54) is 24.3 Å². The first kappa shape index (κ1) is 19.8. The van der Waals surface area contributed by atoms with Crippen LogP contribution < -0.4 is 29.5 Å². The maximum atomic E-state index is 4.90. The summed E-state index contributed by atoms with van der Waals surface area (Å²) in [6.45, 7) is 0. The maximum Gasteiger partial charge on any atom is 0.113 e. The molecule has 9 nitrogen and oxygen atoms in total. The second-order valence-electron chi connectivity index (χ2n) is 6.74. The predicted molar refractivity (Wildman–Crippen MR) is 118 cm³/mol. The largest absolute Gasteiger partial charge is 0.275 e. The molecule has 0 aliphatic carbocycles. The maximum absolute atomic E-state index is 4.90. The molecule has 2 aliphatic rings. The zero-order chi connectivity index (χ0) is 20.2. The monoisotopic (exact) mass is 439 g/mol. The molecule has 2 fully saturated rings. The van der Waals surface area contributed by atoms with E-state index in [-0.39, 0.29) is 24.7 Å². The van der Waals surface area contributed by atoms with E-state index in [1.54, 1.807) is 12.4 Å². The highest BCUT2D eigenvalue weighted by Gasteiger charge is 2.28. The van der Waals surface area contributed by atoms with E-state index in [2.05, 4.69) is 39.5 Å². The van der Waals surface area contributed by atoms with Crippen LogP contribution in [0.2, 0.25) is 0 Å². The zero-order valence-corrected chi connectivity index (χ0v) is 17.5. The Kier molecular flexibility index (Phi) is 6.20. The van der Waals surface area contributed by atoms with E-state index < -0.39 is 0 Å². The van der Waals surface area contributed by atoms with Gasteiger partial charge in [0.25, 0.3) is 0 Å². The van der Waals surface area contributed by atoms with Crippen molar-refractivity contribution in [1.82, 2.24) is 44.5 Å². The fourth-order valence-corrected chi connectivity index (χ4v) is 4.60. The van der Waals surface area contributed by atoms with Crippen molar-refractivity contribution in [3.05, 3.63) is 89.8 Å². The van der Waals surface area contributed by atoms with Gasteiger partial charge in [0.2, 0.25) is 0 Å². The molecule has 2 aliphatic heterocycles. The SMILES string of the molecule is c1ccc(C2NSNC(c3cccc(C4NSNC(c5ccccn5)N4)n3)N2)nc1. The molecule has 30 heavy (non-hydrogen) atoms. The molecular formula is C19H21N9S2. The van der Waals surface area contributed by atoms with Crippen LogP contribution in [0.3, 0.4) is 0 Å². The topological polar surface area (TPSA) is 111 Å². The molecule has 3 aromatic rings. The Labute approximate surface area is 183 Å². The van der Waals surface area contributed by atoms with Crippen molar-refractivity contribution in [3.8, 4) is 0 Å². The summed E-state index contributed by atoms with van der Waals surface area (Å²) in [4.78, 5) is 13.8. The quantitative estimate of drug-likeness (QED) is 0.336. The highest BCUT2D eigenvalue weighted by atomic mass is 32.2. The molecular weight excluding hydrogens is 418 g/mol. The Hall–Kier alpha value is -2.09. The number of nitrogens with one attached hydrogen (secondary N) is 6. The molecule has 0 amide bonds. The third-order valence-electron chi connectivity index (χ3n) is 4.72. The summed E-state index contributed by atoms with van der Waals surface area (Å²) in [6.07, 6.45) is 3.19. The van der Waals surface area contributed by atoms with Gasteiger partial charge in [-0.05, 0) is 36.4 Å². The van der Waals surface area contributed by atoms with Gasteiger partial charge in [-0.1, -0.05) is 18.2 Å². The number of aromatic nitrogens is 3. The minimum absolute atomic E-state index is 0.0767. The Balaban J connectivity index is 1.31. The van der Waals surface area contributed by atoms with Gasteiger partial charge in [-0.3, -0.25) is 25.6 Å². The highest BCUT2D eigenvalue weighted by molar-refractivity contribution is 7.95. The number of nitrogens with zero attached hydrogens (tertiary/aromatic N) is 3. The lowest BCUT2D eigenvalue weighted by molar-refractivity contribution is 0.376. The molecule has 11 heteroatoms. The smallest absolute Gasteiger partial charge is 0.113 e. The summed E-state index contributed by atoms with van der Waals surface area (Å²) in [5, 5.41) is 7.03. The van der Waals surface area contributed by atoms with Crippen LogP contribution in [-0.2, 0) is 0 Å². The van der Waals surface area contributed by atoms with Gasteiger partial charge in [0.05, 0.1) is 22.8 Å². The Morgan fingerprint density at radius 3 is 1.40 bits per heavy atom. The number of hydrogen-bond donors (Lipinski definition) is 6. The summed E-state index contributed by atoms with van der Waals surface area (Å²) in [5.74, 6) is 0. The van der Waals surface area contributed by atoms with E-state index in [9.17, 15) is 0 Å². The first-order valence-corrected chi connectivity index (χ1v) is 11.1. The number of rotatable bonds is 4. The fourth-order valence-electron chi connectivity index (χ4n) is 3.24. The Morgan fingerprint density at radius 2 is 0.967 bits per heavy atom. The molecule has 4 atom stereocenters. The van der Waals surface area contributed by atoms with Gasteiger partial charge in [-0.25, -0.2) is 18.9 Å². The van der Waals surface area contributed by atoms with Gasteiger partial charge in [0, 0.05) is 36.7 Å². The molecule has 0 radical (unpaired) electrons. The van der Waals surface area contributed by atoms with Gasteiger partial charge in [0.15, 0.2) is 0 Å². The van der Waals surface area contributed by atoms with Gasteiger partial charge >= 0.3 is 0 Å². The molecule has 0 saturated carbocycles. The van der Waals surface area contributed by atoms with Crippen molar-refractivity contribution in [3.63, 3.8) is 0 Å². The van der Waals surface area contributed by atoms with Crippen molar-refractivity contribution in [2.45, 2.75) is 24.7 Å². The van der Waals surface area contributed by atoms with Gasteiger partial charge < -0.3 is 0 Å². The van der Waals surface area contributed by atoms with Crippen molar-refractivity contribution >= 4 is 24.3 Å². The molecule has 2 saturated heterocycles. The van der Waals surface area contributed by atoms with Gasteiger partial charge in [-0.2, -0.15) is 0 Å². The second kappa shape index (κ2) is 9.37. The minimum atomic E-state index is -0.121. The van der Waals surface area contributed by atoms with Crippen LogP contribution >= 0.6 is 24.3 Å². The van der Waals surface area contributed by atoms with Crippen LogP contribution in [0, 0.1) is 0 Å². The molecule has 3 aromatic heterocycles. The Morgan fingerprint density at radius 1 is 0.533 bits per heavy atom. The van der Waals surface area contributed by atoms with Crippen molar-refractivity contribution in [2.24, 2.45) is 0 Å². The van der Waals surface area contributed by atoms with Crippen LogP contribution in [0.4, 0.5) is 0 Å². The third-order valence-corrected chi connectivity index (χ3v) is 6.14. The molecule has 5 heterocycles. The zero-order valence-electron chi connectivity index (χ0n) is 15.8. The van der Waals surface area contributed by atoms with E-state index in [4.69, 9.17) is 4.98 Å². The van der Waals surface area contributed by atoms with Crippen LogP contribution in [0.5, 0.6) is 0 Å². The highest BCUT2D eigenvalue weighted by Crippen LogP contribution is 2.25. The predicted octanol–water partition coefficient (Wildman–Crippen LogP) is 1.96. The van der Waals surface area contributed by atoms with Gasteiger partial charge in [0.1, 0.15) is 24.7 Å². The first-order chi connectivity index (χ1) is 14.9. The standard InChI is InChI=1S/C19H21N9S2/c1-3-10-20-12(6-1)16-23-18(27-29-25-16)14-8-5-9-15(22-14)19-24-17(26-30-28-19)13-7-2-4-11-21-13/h1-11,16-19,23-28H. The molecule has 154 valence electrons. The lowest BCUT2D eigenvalue weighted by atomic mass is 10.2. The molecule has 0 spiro atoms. The summed E-state index contributed by atoms with van der Waals surface area (Å²) in [6, 6.07) is 17.8. The lowest BCUT2D eigenvalue weighted by Crippen LogP contribution is -2.47. The number of pyridine rings is 3. The molecule has 0 aromatic carbocycles. The van der Waals surface area contributed by atoms with E-state index in [0.29, 0.717) is 0 Å². The van der Waals surface area contributed by atoms with Crippen LogP contribution in [0.15, 0.2) is 67.0 Å². The number of hydrogen-bond acceptors (Lipinski definition) is 11. The van der Waals surface area contributed by atoms with E-state index in [1.807, 2.05) is 54.6 Å². The summed E-state index contributed by atoms with van der Waals surface area (Å²) < 4.78 is 13.3. The summed E-state index contributed by atoms with van der Waals surface area (Å²) in [5.41, 5.74) is 3.68. The normalized spacial score (nSPS) is 26.9. The van der Waals surface area contributed by atoms with Crippen LogP contribution in [0.1, 0.15) is 47.4 Å². The molecule has 5 rings (SSSR count). The first-order valence-electron chi connectivity index (χ1n) is 9.51. The van der Waals surface area contributed by atoms with Crippen molar-refractivity contribution in [2.75, 3.05) is 0 Å². The van der Waals surface area contributed by atoms with Crippen LogP contribution in [-0.4, -0.2) is 15.0 Å². The van der Waals surface area contributed by atoms with E-state index in [0.717, 1.165) is 22.8 Å². The summed E-state index contributed by atoms with van der Waals surface area (Å²) in [7, 11) is 0. The van der Waals surface area contributed by atoms with E-state index >= 15 is 0 Å². The fraction of sp³-hybridized carbons (Fsp3) is 0.211. The van der Waals surface area contributed by atoms with Crippen molar-refractivity contribution < 1.29 is 0 Å². The minimum Gasteiger partial charge on any atom is -0.275 e. The second-order valence-corrected chi connectivity index (χ2v) is 8.09. The van der Waals surface area contributed by atoms with Crippen LogP contribution in [0.25, 0.3) is 0 Å². The molecule has 0 bridgehead atoms. The average Bonchev–Trinajstić information content (AvgIpc) is 2.85. The lowest BCUT2D eigenvalue weighted by Gasteiger charge is -2.33. The molecule has 4 unspecified atom stereocenters.